The molecule has 132 valence electrons. The van der Waals surface area contributed by atoms with Gasteiger partial charge in [0, 0.05) is 33.8 Å². The Morgan fingerprint density at radius 2 is 1.88 bits per heavy atom. The summed E-state index contributed by atoms with van der Waals surface area (Å²) in [5.41, 5.74) is 2.17. The normalized spacial score (nSPS) is 10.0. The van der Waals surface area contributed by atoms with Gasteiger partial charge in [-0.3, -0.25) is 14.9 Å². The number of non-ortho nitro benzene ring substituents is 1. The summed E-state index contributed by atoms with van der Waals surface area (Å²) in [5, 5.41) is 10.6. The largest absolute Gasteiger partial charge is 1.00 e. The van der Waals surface area contributed by atoms with Gasteiger partial charge in [-0.05, 0) is 29.2 Å². The Bertz CT molecular complexity index is 929. The SMILES string of the molecule is O=C(C[n+]1ccc(-c2cccc(Br)c2)nc1)c1ccc([N+](=O)[O-])cc1.[Br-]. The molecule has 0 aliphatic carbocycles. The second-order valence-electron chi connectivity index (χ2n) is 5.36. The van der Waals surface area contributed by atoms with E-state index in [9.17, 15) is 14.9 Å². The number of carbonyl (C=O) groups excluding carboxylic acids is 1. The van der Waals surface area contributed by atoms with Gasteiger partial charge in [-0.15, -0.1) is 0 Å². The van der Waals surface area contributed by atoms with E-state index < -0.39 is 4.92 Å². The number of nitrogens with zero attached hydrogens (tertiary/aromatic N) is 3. The molecule has 0 fully saturated rings. The smallest absolute Gasteiger partial charge is 0.287 e. The molecule has 0 aliphatic heterocycles. The number of hydrogen-bond acceptors (Lipinski definition) is 4. The fourth-order valence-corrected chi connectivity index (χ4v) is 2.72. The first kappa shape index (κ1) is 19.9. The first-order chi connectivity index (χ1) is 12.0. The maximum Gasteiger partial charge on any atom is 0.287 e. The predicted octanol–water partition coefficient (Wildman–Crippen LogP) is 0.594. The van der Waals surface area contributed by atoms with Crippen LogP contribution in [-0.4, -0.2) is 15.7 Å². The summed E-state index contributed by atoms with van der Waals surface area (Å²) in [5.74, 6) is -0.142. The van der Waals surface area contributed by atoms with Crippen LogP contribution >= 0.6 is 15.9 Å². The van der Waals surface area contributed by atoms with E-state index in [4.69, 9.17) is 0 Å². The van der Waals surface area contributed by atoms with E-state index >= 15 is 0 Å². The number of rotatable bonds is 5. The van der Waals surface area contributed by atoms with Gasteiger partial charge >= 0.3 is 0 Å². The lowest BCUT2D eigenvalue weighted by molar-refractivity contribution is -0.686. The summed E-state index contributed by atoms with van der Waals surface area (Å²) in [6.45, 7) is 0.115. The third kappa shape index (κ3) is 4.80. The first-order valence-electron chi connectivity index (χ1n) is 7.41. The molecule has 0 amide bonds. The first-order valence-corrected chi connectivity index (χ1v) is 8.21. The number of carbonyl (C=O) groups is 1. The summed E-state index contributed by atoms with van der Waals surface area (Å²) in [6.07, 6.45) is 3.38. The molecule has 0 radical (unpaired) electrons. The number of nitro benzene ring substituents is 1. The molecule has 6 nitrogen and oxygen atoms in total. The third-order valence-electron chi connectivity index (χ3n) is 3.62. The summed E-state index contributed by atoms with van der Waals surface area (Å²) < 4.78 is 2.64. The number of ketones is 1. The highest BCUT2D eigenvalue weighted by atomic mass is 79.9. The molecule has 0 spiro atoms. The van der Waals surface area contributed by atoms with Gasteiger partial charge in [0.15, 0.2) is 12.2 Å². The highest BCUT2D eigenvalue weighted by Gasteiger charge is 2.13. The molecule has 0 atom stereocenters. The molecule has 3 rings (SSSR count). The fourth-order valence-electron chi connectivity index (χ4n) is 2.32. The van der Waals surface area contributed by atoms with Gasteiger partial charge in [-0.25, -0.2) is 4.57 Å². The summed E-state index contributed by atoms with van der Waals surface area (Å²) in [4.78, 5) is 26.8. The van der Waals surface area contributed by atoms with Gasteiger partial charge < -0.3 is 17.0 Å². The van der Waals surface area contributed by atoms with E-state index in [1.807, 2.05) is 30.3 Å². The fraction of sp³-hybridized carbons (Fsp3) is 0.0556. The number of Topliss-reactive ketones (excluding diaryl/α,β-unsaturated/α-hetero) is 1. The lowest BCUT2D eigenvalue weighted by Crippen LogP contribution is -3.00. The minimum Gasteiger partial charge on any atom is -1.00 e. The molecule has 0 bridgehead atoms. The van der Waals surface area contributed by atoms with Crippen molar-refractivity contribution in [3.05, 3.63) is 87.3 Å². The number of benzene rings is 2. The Morgan fingerprint density at radius 3 is 2.46 bits per heavy atom. The summed E-state index contributed by atoms with van der Waals surface area (Å²) in [6, 6.07) is 15.2. The molecule has 26 heavy (non-hydrogen) atoms. The van der Waals surface area contributed by atoms with Crippen molar-refractivity contribution >= 4 is 27.4 Å². The van der Waals surface area contributed by atoms with Crippen LogP contribution in [-0.2, 0) is 6.54 Å². The highest BCUT2D eigenvalue weighted by Crippen LogP contribution is 2.20. The van der Waals surface area contributed by atoms with Crippen LogP contribution in [0.25, 0.3) is 11.3 Å². The van der Waals surface area contributed by atoms with Crippen LogP contribution in [0.1, 0.15) is 10.4 Å². The van der Waals surface area contributed by atoms with E-state index in [1.165, 1.54) is 24.3 Å². The topological polar surface area (TPSA) is 77.0 Å². The van der Waals surface area contributed by atoms with E-state index in [2.05, 4.69) is 20.9 Å². The van der Waals surface area contributed by atoms with Crippen molar-refractivity contribution in [1.82, 2.24) is 4.98 Å². The zero-order valence-electron chi connectivity index (χ0n) is 13.4. The van der Waals surface area contributed by atoms with Crippen LogP contribution in [0.3, 0.4) is 0 Å². The molecule has 0 aliphatic rings. The summed E-state index contributed by atoms with van der Waals surface area (Å²) >= 11 is 3.43. The van der Waals surface area contributed by atoms with Crippen molar-refractivity contribution in [3.8, 4) is 11.3 Å². The van der Waals surface area contributed by atoms with Crippen LogP contribution in [0.15, 0.2) is 71.6 Å². The molecule has 0 N–H and O–H groups in total. The Hall–Kier alpha value is -2.45. The van der Waals surface area contributed by atoms with Crippen molar-refractivity contribution in [1.29, 1.82) is 0 Å². The molecule has 0 saturated heterocycles. The lowest BCUT2D eigenvalue weighted by atomic mass is 10.1. The minimum absolute atomic E-state index is 0. The Morgan fingerprint density at radius 1 is 1.15 bits per heavy atom. The van der Waals surface area contributed by atoms with Gasteiger partial charge in [0.2, 0.25) is 5.78 Å². The van der Waals surface area contributed by atoms with E-state index in [0.29, 0.717) is 5.56 Å². The molecular formula is C18H13Br2N3O3. The maximum atomic E-state index is 12.3. The highest BCUT2D eigenvalue weighted by molar-refractivity contribution is 9.10. The lowest BCUT2D eigenvalue weighted by Gasteiger charge is -2.01. The average Bonchev–Trinajstić information content (AvgIpc) is 2.62. The Balaban J connectivity index is 0.00000243. The maximum absolute atomic E-state index is 12.3. The molecule has 2 aromatic carbocycles. The van der Waals surface area contributed by atoms with E-state index in [0.717, 1.165) is 15.7 Å². The van der Waals surface area contributed by atoms with Gasteiger partial charge in [0.1, 0.15) is 0 Å². The Labute approximate surface area is 168 Å². The molecule has 8 heteroatoms. The quantitative estimate of drug-likeness (QED) is 0.233. The van der Waals surface area contributed by atoms with Crippen molar-refractivity contribution in [2.75, 3.05) is 0 Å². The van der Waals surface area contributed by atoms with Crippen LogP contribution in [0, 0.1) is 10.1 Å². The second-order valence-corrected chi connectivity index (χ2v) is 6.27. The van der Waals surface area contributed by atoms with E-state index in [-0.39, 0.29) is 35.0 Å². The number of aromatic nitrogens is 2. The van der Waals surface area contributed by atoms with E-state index in [1.54, 1.807) is 17.1 Å². The second kappa shape index (κ2) is 8.77. The summed E-state index contributed by atoms with van der Waals surface area (Å²) in [7, 11) is 0. The number of nitro groups is 1. The molecular weight excluding hydrogens is 466 g/mol. The van der Waals surface area contributed by atoms with Crippen LogP contribution in [0.4, 0.5) is 5.69 Å². The van der Waals surface area contributed by atoms with Crippen molar-refractivity contribution in [2.45, 2.75) is 6.54 Å². The average molecular weight is 479 g/mol. The molecule has 0 unspecified atom stereocenters. The third-order valence-corrected chi connectivity index (χ3v) is 4.11. The van der Waals surface area contributed by atoms with Gasteiger partial charge in [0.25, 0.3) is 12.0 Å². The molecule has 1 aromatic heterocycles. The van der Waals surface area contributed by atoms with Crippen LogP contribution in [0.2, 0.25) is 0 Å². The number of halogens is 2. The monoisotopic (exact) mass is 477 g/mol. The number of hydrogen-bond donors (Lipinski definition) is 0. The minimum atomic E-state index is -0.492. The zero-order valence-corrected chi connectivity index (χ0v) is 16.6. The van der Waals surface area contributed by atoms with Crippen molar-refractivity contribution in [3.63, 3.8) is 0 Å². The Kier molecular flexibility index (Phi) is 6.70. The van der Waals surface area contributed by atoms with Crippen molar-refractivity contribution < 1.29 is 31.3 Å². The zero-order chi connectivity index (χ0) is 17.8. The van der Waals surface area contributed by atoms with Crippen LogP contribution in [0.5, 0.6) is 0 Å². The van der Waals surface area contributed by atoms with Gasteiger partial charge in [-0.2, -0.15) is 0 Å². The molecule has 3 aromatic rings. The molecule has 0 saturated carbocycles. The van der Waals surface area contributed by atoms with Crippen molar-refractivity contribution in [2.24, 2.45) is 0 Å². The predicted molar refractivity (Wildman–Crippen MR) is 95.0 cm³/mol. The van der Waals surface area contributed by atoms with Gasteiger partial charge in [0.05, 0.1) is 11.1 Å². The van der Waals surface area contributed by atoms with Gasteiger partial charge in [-0.1, -0.05) is 28.1 Å². The van der Waals surface area contributed by atoms with Crippen LogP contribution < -0.4 is 21.5 Å². The molecule has 1 heterocycles. The standard InChI is InChI=1S/C18H13BrN3O3.BrH/c19-15-3-1-2-14(10-15)17-8-9-21(12-20-17)11-18(23)13-4-6-16(7-5-13)22(24)25;/h1-10,12H,11H2;1H/q+1;/p-1.